The molecule has 0 bridgehead atoms. The molecule has 0 rings (SSSR count). The van der Waals surface area contributed by atoms with Crippen LogP contribution in [-0.4, -0.2) is 0 Å². The van der Waals surface area contributed by atoms with Crippen LogP contribution in [0.25, 0.3) is 0 Å². The van der Waals surface area contributed by atoms with Gasteiger partial charge in [-0.15, -0.1) is 0 Å². The van der Waals surface area contributed by atoms with E-state index in [4.69, 9.17) is 0 Å². The summed E-state index contributed by atoms with van der Waals surface area (Å²) in [6, 6.07) is 0. The Morgan fingerprint density at radius 3 is 2.17 bits per heavy atom. The molecule has 0 aliphatic rings. The van der Waals surface area contributed by atoms with Gasteiger partial charge >= 0.3 is 43.2 Å². The van der Waals surface area contributed by atoms with Crippen molar-refractivity contribution in [3.05, 3.63) is 12.2 Å². The minimum atomic E-state index is 0. The number of hydrogen-bond donors (Lipinski definition) is 0. The molecule has 6 heavy (non-hydrogen) atoms. The summed E-state index contributed by atoms with van der Waals surface area (Å²) in [4.78, 5) is 1.01. The van der Waals surface area contributed by atoms with Crippen LogP contribution in [0.15, 0.2) is 12.2 Å². The third-order valence-electron chi connectivity index (χ3n) is 0.310. The van der Waals surface area contributed by atoms with Crippen molar-refractivity contribution in [1.29, 1.82) is 0 Å². The van der Waals surface area contributed by atoms with Crippen LogP contribution in [0, 0.1) is 0 Å². The molecule has 2 heteroatoms. The van der Waals surface area contributed by atoms with Crippen LogP contribution in [-0.2, 0) is 19.2 Å². The summed E-state index contributed by atoms with van der Waals surface area (Å²) in [6.45, 7) is 2.01. The van der Waals surface area contributed by atoms with Crippen LogP contribution in [0.3, 0.4) is 0 Å². The van der Waals surface area contributed by atoms with E-state index >= 15 is 0 Å². The molecule has 0 unspecified atom stereocenters. The van der Waals surface area contributed by atoms with Crippen LogP contribution in [0.1, 0.15) is 6.92 Å². The summed E-state index contributed by atoms with van der Waals surface area (Å²) in [5, 5.41) is 0. The van der Waals surface area contributed by atoms with Crippen molar-refractivity contribution in [2.24, 2.45) is 0 Å². The third kappa shape index (κ3) is 8.83. The van der Waals surface area contributed by atoms with E-state index in [9.17, 15) is 0 Å². The molecule has 0 aliphatic heterocycles. The van der Waals surface area contributed by atoms with Gasteiger partial charge in [0.1, 0.15) is 0 Å². The minimum Gasteiger partial charge on any atom is -1.00 e. The monoisotopic (exact) mass is 196 g/mol. The standard InChI is InChI=1S/C4H7.ClH.Pd/c1-3-4-2;;/h3-4H,1H2,2H3;1H;/q;;+1/p-1/b4-3+;;. The molecule has 0 aromatic rings. The molecule has 0 spiro atoms. The Morgan fingerprint density at radius 1 is 1.67 bits per heavy atom. The van der Waals surface area contributed by atoms with Crippen LogP contribution >= 0.6 is 0 Å². The van der Waals surface area contributed by atoms with Gasteiger partial charge in [-0.2, -0.15) is 0 Å². The first kappa shape index (κ1) is 9.85. The Hall–Kier alpha value is 0.692. The molecule has 0 heterocycles. The molecular formula is C4H7ClPd. The van der Waals surface area contributed by atoms with Crippen molar-refractivity contribution in [3.63, 3.8) is 0 Å². The zero-order chi connectivity index (χ0) is 4.12. The van der Waals surface area contributed by atoms with Crippen molar-refractivity contribution in [3.8, 4) is 0 Å². The molecular weight excluding hydrogens is 190 g/mol. The Bertz CT molecular complexity index is 34.5. The predicted molar refractivity (Wildman–Crippen MR) is 19.6 cm³/mol. The summed E-state index contributed by atoms with van der Waals surface area (Å²) < 4.78 is 0. The van der Waals surface area contributed by atoms with E-state index in [1.165, 1.54) is 0 Å². The minimum absolute atomic E-state index is 0. The smallest absolute Gasteiger partial charge is 1.00 e. The Balaban J connectivity index is 0. The first-order chi connectivity index (χ1) is 2.41. The van der Waals surface area contributed by atoms with Crippen LogP contribution in [0.5, 0.6) is 0 Å². The van der Waals surface area contributed by atoms with E-state index in [1.807, 2.05) is 13.0 Å². The largest absolute Gasteiger partial charge is 1.00 e. The van der Waals surface area contributed by atoms with Crippen LogP contribution in [0.2, 0.25) is 4.89 Å². The molecule has 40 valence electrons. The van der Waals surface area contributed by atoms with Gasteiger partial charge in [0, 0.05) is 0 Å². The second-order valence-electron chi connectivity index (χ2n) is 0.698. The molecule has 0 fully saturated rings. The first-order valence-electron chi connectivity index (χ1n) is 1.54. The Labute approximate surface area is 55.8 Å². The topological polar surface area (TPSA) is 0 Å². The van der Waals surface area contributed by atoms with E-state index in [0.29, 0.717) is 0 Å². The normalized spacial score (nSPS) is 8.50. The van der Waals surface area contributed by atoms with E-state index in [2.05, 4.69) is 25.3 Å². The van der Waals surface area contributed by atoms with Crippen LogP contribution in [0.4, 0.5) is 0 Å². The van der Waals surface area contributed by atoms with E-state index in [0.717, 1.165) is 4.89 Å². The van der Waals surface area contributed by atoms with Gasteiger partial charge < -0.3 is 12.4 Å². The van der Waals surface area contributed by atoms with Crippen LogP contribution < -0.4 is 12.4 Å². The number of allylic oxidation sites excluding steroid dienone is 2. The summed E-state index contributed by atoms with van der Waals surface area (Å²) >= 11 is 3.00. The zero-order valence-electron chi connectivity index (χ0n) is 3.56. The molecule has 0 nitrogen and oxygen atoms in total. The van der Waals surface area contributed by atoms with Gasteiger partial charge in [0.25, 0.3) is 0 Å². The van der Waals surface area contributed by atoms with Gasteiger partial charge in [0.05, 0.1) is 0 Å². The number of rotatable bonds is 1. The fraction of sp³-hybridized carbons (Fsp3) is 0.500. The van der Waals surface area contributed by atoms with Gasteiger partial charge in [-0.1, -0.05) is 0 Å². The number of halogens is 1. The van der Waals surface area contributed by atoms with Crippen molar-refractivity contribution in [1.82, 2.24) is 0 Å². The average Bonchev–Trinajstić information content (AvgIpc) is 1.41. The van der Waals surface area contributed by atoms with Crippen molar-refractivity contribution in [2.45, 2.75) is 11.8 Å². The Morgan fingerprint density at radius 2 is 2.17 bits per heavy atom. The summed E-state index contributed by atoms with van der Waals surface area (Å²) in [5.41, 5.74) is 0. The molecule has 0 N–H and O–H groups in total. The molecule has 0 aromatic carbocycles. The van der Waals surface area contributed by atoms with Gasteiger partial charge in [0.15, 0.2) is 0 Å². The number of hydrogen-bond acceptors (Lipinski definition) is 0. The summed E-state index contributed by atoms with van der Waals surface area (Å²) in [7, 11) is 0. The quantitative estimate of drug-likeness (QED) is 0.355. The maximum Gasteiger partial charge on any atom is -1.00 e. The molecule has 0 saturated carbocycles. The van der Waals surface area contributed by atoms with Gasteiger partial charge in [-0.05, 0) is 0 Å². The molecule has 0 amide bonds. The van der Waals surface area contributed by atoms with E-state index in [-0.39, 0.29) is 12.4 Å². The summed E-state index contributed by atoms with van der Waals surface area (Å²) in [6.07, 6.45) is 4.08. The second-order valence-corrected chi connectivity index (χ2v) is 1.33. The zero-order valence-corrected chi connectivity index (χ0v) is 5.87. The molecule has 0 atom stereocenters. The fourth-order valence-corrected chi connectivity index (χ4v) is 0.441. The maximum absolute atomic E-state index is 3.00. The van der Waals surface area contributed by atoms with E-state index in [1.54, 1.807) is 0 Å². The Kier molecular flexibility index (Phi) is 15.1. The van der Waals surface area contributed by atoms with E-state index < -0.39 is 0 Å². The average molecular weight is 197 g/mol. The SMILES string of the molecule is C/C=C/[CH2][Pd+].[Cl-]. The second kappa shape index (κ2) is 9.19. The van der Waals surface area contributed by atoms with Gasteiger partial charge in [-0.3, -0.25) is 0 Å². The van der Waals surface area contributed by atoms with Crippen molar-refractivity contribution >= 4 is 0 Å². The van der Waals surface area contributed by atoms with Crippen molar-refractivity contribution in [2.75, 3.05) is 0 Å². The molecule has 0 radical (unpaired) electrons. The van der Waals surface area contributed by atoms with Gasteiger partial charge in [0.2, 0.25) is 0 Å². The summed E-state index contributed by atoms with van der Waals surface area (Å²) in [5.74, 6) is 0. The third-order valence-corrected chi connectivity index (χ3v) is 0.677. The first-order valence-corrected chi connectivity index (χ1v) is 2.64. The maximum atomic E-state index is 3.00. The predicted octanol–water partition coefficient (Wildman–Crippen LogP) is -1.47. The fourth-order valence-electron chi connectivity index (χ4n) is 0.0745. The molecule has 0 aromatic heterocycles. The molecule has 0 saturated heterocycles. The van der Waals surface area contributed by atoms with Crippen molar-refractivity contribution < 1.29 is 31.6 Å². The van der Waals surface area contributed by atoms with Gasteiger partial charge in [-0.25, -0.2) is 0 Å². The molecule has 0 aliphatic carbocycles.